The highest BCUT2D eigenvalue weighted by Crippen LogP contribution is 2.19. The molecule has 0 aliphatic rings. The van der Waals surface area contributed by atoms with Crippen LogP contribution in [0.4, 0.5) is 5.69 Å². The van der Waals surface area contributed by atoms with Crippen LogP contribution in [0, 0.1) is 23.2 Å². The van der Waals surface area contributed by atoms with Crippen LogP contribution in [0.5, 0.6) is 0 Å². The second-order valence-electron chi connectivity index (χ2n) is 3.64. The molecule has 0 bridgehead atoms. The van der Waals surface area contributed by atoms with Crippen molar-refractivity contribution in [2.24, 2.45) is 0 Å². The maximum absolute atomic E-state index is 8.37. The van der Waals surface area contributed by atoms with Crippen LogP contribution in [0.25, 0.3) is 0 Å². The first-order valence-electron chi connectivity index (χ1n) is 4.90. The minimum absolute atomic E-state index is 0.241. The van der Waals surface area contributed by atoms with Crippen molar-refractivity contribution >= 4 is 5.69 Å². The van der Waals surface area contributed by atoms with E-state index < -0.39 is 0 Å². The lowest BCUT2D eigenvalue weighted by atomic mass is 10.00. The van der Waals surface area contributed by atoms with Crippen LogP contribution in [-0.4, -0.2) is 0 Å². The van der Waals surface area contributed by atoms with E-state index >= 15 is 0 Å². The Kier molecular flexibility index (Phi) is 3.77. The van der Waals surface area contributed by atoms with E-state index in [9.17, 15) is 0 Å². The molecule has 0 aromatic heterocycles. The molecule has 2 heteroatoms. The minimum atomic E-state index is 0.241. The molecule has 1 aromatic rings. The van der Waals surface area contributed by atoms with Gasteiger partial charge in [-0.1, -0.05) is 31.8 Å². The Morgan fingerprint density at radius 3 is 2.73 bits per heavy atom. The number of hydrogen-bond acceptors (Lipinski definition) is 2. The first-order chi connectivity index (χ1) is 7.15. The Morgan fingerprint density at radius 1 is 1.40 bits per heavy atom. The van der Waals surface area contributed by atoms with Gasteiger partial charge in [0.15, 0.2) is 0 Å². The molecule has 2 nitrogen and oxygen atoms in total. The van der Waals surface area contributed by atoms with Gasteiger partial charge in [0, 0.05) is 11.3 Å². The number of benzene rings is 1. The highest BCUT2D eigenvalue weighted by atomic mass is 14.5. The SMILES string of the molecule is CC(C)c1ccc(N)c(C#CCC#N)c1. The van der Waals surface area contributed by atoms with Gasteiger partial charge in [0.1, 0.15) is 0 Å². The molecule has 76 valence electrons. The number of nitrogens with two attached hydrogens (primary N) is 1. The smallest absolute Gasteiger partial charge is 0.0966 e. The normalized spacial score (nSPS) is 9.20. The first kappa shape index (κ1) is 11.1. The summed E-state index contributed by atoms with van der Waals surface area (Å²) < 4.78 is 0. The lowest BCUT2D eigenvalue weighted by molar-refractivity contribution is 0.866. The van der Waals surface area contributed by atoms with E-state index in [1.807, 2.05) is 24.3 Å². The van der Waals surface area contributed by atoms with Gasteiger partial charge in [-0.05, 0) is 23.6 Å². The summed E-state index contributed by atoms with van der Waals surface area (Å²) in [6, 6.07) is 7.85. The molecule has 0 heterocycles. The average molecular weight is 198 g/mol. The molecule has 0 saturated heterocycles. The van der Waals surface area contributed by atoms with Gasteiger partial charge in [0.2, 0.25) is 0 Å². The minimum Gasteiger partial charge on any atom is -0.398 e. The summed E-state index contributed by atoms with van der Waals surface area (Å²) in [4.78, 5) is 0. The summed E-state index contributed by atoms with van der Waals surface area (Å²) in [5, 5.41) is 8.37. The molecule has 0 amide bonds. The van der Waals surface area contributed by atoms with Gasteiger partial charge in [-0.3, -0.25) is 0 Å². The van der Waals surface area contributed by atoms with Crippen molar-refractivity contribution in [1.29, 1.82) is 5.26 Å². The molecule has 0 radical (unpaired) electrons. The maximum Gasteiger partial charge on any atom is 0.0966 e. The second kappa shape index (κ2) is 5.08. The summed E-state index contributed by atoms with van der Waals surface area (Å²) >= 11 is 0. The number of nitriles is 1. The van der Waals surface area contributed by atoms with E-state index in [4.69, 9.17) is 11.0 Å². The highest BCUT2D eigenvalue weighted by Gasteiger charge is 2.01. The molecule has 0 atom stereocenters. The molecule has 0 fully saturated rings. The van der Waals surface area contributed by atoms with Gasteiger partial charge in [0.05, 0.1) is 12.5 Å². The van der Waals surface area contributed by atoms with E-state index in [1.54, 1.807) is 0 Å². The first-order valence-corrected chi connectivity index (χ1v) is 4.90. The number of anilines is 1. The van der Waals surface area contributed by atoms with Crippen LogP contribution in [0.1, 0.15) is 37.3 Å². The fourth-order valence-corrected chi connectivity index (χ4v) is 1.22. The van der Waals surface area contributed by atoms with Crippen molar-refractivity contribution in [1.82, 2.24) is 0 Å². The van der Waals surface area contributed by atoms with Crippen LogP contribution in [-0.2, 0) is 0 Å². The monoisotopic (exact) mass is 198 g/mol. The zero-order valence-electron chi connectivity index (χ0n) is 9.04. The van der Waals surface area contributed by atoms with Gasteiger partial charge in [-0.15, -0.1) is 0 Å². The molecule has 1 aromatic carbocycles. The fourth-order valence-electron chi connectivity index (χ4n) is 1.22. The third-order valence-corrected chi connectivity index (χ3v) is 2.13. The zero-order chi connectivity index (χ0) is 11.3. The highest BCUT2D eigenvalue weighted by molar-refractivity contribution is 5.57. The third kappa shape index (κ3) is 3.04. The van der Waals surface area contributed by atoms with E-state index in [0.717, 1.165) is 5.56 Å². The fraction of sp³-hybridized carbons (Fsp3) is 0.308. The van der Waals surface area contributed by atoms with Crippen LogP contribution >= 0.6 is 0 Å². The van der Waals surface area contributed by atoms with Gasteiger partial charge >= 0.3 is 0 Å². The summed E-state index contributed by atoms with van der Waals surface area (Å²) in [6.07, 6.45) is 0.241. The largest absolute Gasteiger partial charge is 0.398 e. The molecule has 2 N–H and O–H groups in total. The molecule has 0 spiro atoms. The van der Waals surface area contributed by atoms with Crippen molar-refractivity contribution in [3.63, 3.8) is 0 Å². The van der Waals surface area contributed by atoms with E-state index in [-0.39, 0.29) is 6.42 Å². The van der Waals surface area contributed by atoms with Crippen LogP contribution < -0.4 is 5.73 Å². The van der Waals surface area contributed by atoms with Crippen molar-refractivity contribution in [2.75, 3.05) is 5.73 Å². The topological polar surface area (TPSA) is 49.8 Å². The Hall–Kier alpha value is -1.93. The maximum atomic E-state index is 8.37. The quantitative estimate of drug-likeness (QED) is 0.557. The van der Waals surface area contributed by atoms with E-state index in [0.29, 0.717) is 11.6 Å². The number of nitrogens with zero attached hydrogens (tertiary/aromatic N) is 1. The van der Waals surface area contributed by atoms with Crippen LogP contribution in [0.15, 0.2) is 18.2 Å². The van der Waals surface area contributed by atoms with E-state index in [2.05, 4.69) is 25.7 Å². The Balaban J connectivity index is 3.03. The number of nitrogen functional groups attached to an aromatic ring is 1. The zero-order valence-corrected chi connectivity index (χ0v) is 9.04. The van der Waals surface area contributed by atoms with Gasteiger partial charge in [-0.2, -0.15) is 5.26 Å². The van der Waals surface area contributed by atoms with Gasteiger partial charge in [-0.25, -0.2) is 0 Å². The van der Waals surface area contributed by atoms with Crippen molar-refractivity contribution in [2.45, 2.75) is 26.2 Å². The lowest BCUT2D eigenvalue weighted by Gasteiger charge is -2.06. The molecule has 15 heavy (non-hydrogen) atoms. The summed E-state index contributed by atoms with van der Waals surface area (Å²) in [5.41, 5.74) is 8.49. The average Bonchev–Trinajstić information content (AvgIpc) is 2.20. The number of hydrogen-bond donors (Lipinski definition) is 1. The molecule has 1 rings (SSSR count). The van der Waals surface area contributed by atoms with Crippen LogP contribution in [0.3, 0.4) is 0 Å². The molecular weight excluding hydrogens is 184 g/mol. The summed E-state index contributed by atoms with van der Waals surface area (Å²) in [7, 11) is 0. The predicted octanol–water partition coefficient (Wildman–Crippen LogP) is 2.66. The van der Waals surface area contributed by atoms with Crippen molar-refractivity contribution in [3.05, 3.63) is 29.3 Å². The van der Waals surface area contributed by atoms with E-state index in [1.165, 1.54) is 5.56 Å². The summed E-state index contributed by atoms with van der Waals surface area (Å²) in [5.74, 6) is 6.14. The summed E-state index contributed by atoms with van der Waals surface area (Å²) in [6.45, 7) is 4.25. The number of rotatable bonds is 1. The molecule has 0 saturated carbocycles. The molecule has 0 unspecified atom stereocenters. The lowest BCUT2D eigenvalue weighted by Crippen LogP contribution is -1.94. The molecule has 0 aliphatic carbocycles. The van der Waals surface area contributed by atoms with Crippen LogP contribution in [0.2, 0.25) is 0 Å². The third-order valence-electron chi connectivity index (χ3n) is 2.13. The van der Waals surface area contributed by atoms with Gasteiger partial charge < -0.3 is 5.73 Å². The predicted molar refractivity (Wildman–Crippen MR) is 62.1 cm³/mol. The second-order valence-corrected chi connectivity index (χ2v) is 3.64. The Labute approximate surface area is 90.7 Å². The molecule has 0 aliphatic heterocycles. The standard InChI is InChI=1S/C13H14N2/c1-10(2)11-6-7-13(15)12(9-11)5-3-4-8-14/h6-7,9-10H,4,15H2,1-2H3. The molecular formula is C13H14N2. The Bertz CT molecular complexity index is 442. The van der Waals surface area contributed by atoms with Gasteiger partial charge in [0.25, 0.3) is 0 Å². The van der Waals surface area contributed by atoms with Crippen molar-refractivity contribution < 1.29 is 0 Å². The Morgan fingerprint density at radius 2 is 2.13 bits per heavy atom. The van der Waals surface area contributed by atoms with Crippen molar-refractivity contribution in [3.8, 4) is 17.9 Å².